The summed E-state index contributed by atoms with van der Waals surface area (Å²) in [7, 11) is -3.55. The van der Waals surface area contributed by atoms with Crippen LogP contribution < -0.4 is 14.5 Å². The topological polar surface area (TPSA) is 89.3 Å². The number of hydrogen-bond acceptors (Lipinski definition) is 6. The number of anilines is 2. The van der Waals surface area contributed by atoms with Crippen LogP contribution in [0.15, 0.2) is 47.5 Å². The standard InChI is InChI=1S/C22H29N5O2S/c1-3-5-18(2)25-30(28,29)21-10-11-22(24-17-21)27-13-4-12-26(14-15-27)20-8-6-19(16-23)7-9-20/h6-11,17-18,25H,3-5,12-15H2,1-2H3. The second-order valence-corrected chi connectivity index (χ2v) is 9.36. The van der Waals surface area contributed by atoms with Gasteiger partial charge in [0.25, 0.3) is 0 Å². The van der Waals surface area contributed by atoms with Gasteiger partial charge in [-0.05, 0) is 56.2 Å². The molecule has 0 aliphatic carbocycles. The first-order valence-electron chi connectivity index (χ1n) is 10.4. The lowest BCUT2D eigenvalue weighted by Gasteiger charge is -2.24. The Bertz CT molecular complexity index is 968. The van der Waals surface area contributed by atoms with Crippen molar-refractivity contribution in [3.05, 3.63) is 48.2 Å². The summed E-state index contributed by atoms with van der Waals surface area (Å²) >= 11 is 0. The Morgan fingerprint density at radius 1 is 1.10 bits per heavy atom. The first-order valence-corrected chi connectivity index (χ1v) is 11.9. The van der Waals surface area contributed by atoms with Crippen molar-refractivity contribution in [2.24, 2.45) is 0 Å². The van der Waals surface area contributed by atoms with Crippen LogP contribution in [0.5, 0.6) is 0 Å². The molecule has 0 saturated carbocycles. The van der Waals surface area contributed by atoms with Crippen LogP contribution in [0.2, 0.25) is 0 Å². The Balaban J connectivity index is 1.64. The third kappa shape index (κ3) is 5.49. The Morgan fingerprint density at radius 3 is 2.43 bits per heavy atom. The summed E-state index contributed by atoms with van der Waals surface area (Å²) < 4.78 is 27.7. The van der Waals surface area contributed by atoms with E-state index in [0.29, 0.717) is 5.56 Å². The van der Waals surface area contributed by atoms with Gasteiger partial charge in [-0.2, -0.15) is 5.26 Å². The molecular formula is C22H29N5O2S. The molecule has 2 aromatic rings. The first-order chi connectivity index (χ1) is 14.4. The third-order valence-corrected chi connectivity index (χ3v) is 6.87. The average Bonchev–Trinajstić information content (AvgIpc) is 3.00. The van der Waals surface area contributed by atoms with Crippen molar-refractivity contribution in [1.29, 1.82) is 5.26 Å². The Labute approximate surface area is 179 Å². The van der Waals surface area contributed by atoms with Crippen molar-refractivity contribution in [3.8, 4) is 6.07 Å². The van der Waals surface area contributed by atoms with Crippen molar-refractivity contribution in [2.45, 2.75) is 44.0 Å². The number of nitriles is 1. The summed E-state index contributed by atoms with van der Waals surface area (Å²) in [5.74, 6) is 0.789. The van der Waals surface area contributed by atoms with E-state index in [9.17, 15) is 8.42 Å². The van der Waals surface area contributed by atoms with Gasteiger partial charge in [0.1, 0.15) is 10.7 Å². The Kier molecular flexibility index (Phi) is 7.29. The number of nitrogens with zero attached hydrogens (tertiary/aromatic N) is 4. The lowest BCUT2D eigenvalue weighted by Crippen LogP contribution is -2.33. The van der Waals surface area contributed by atoms with Gasteiger partial charge < -0.3 is 9.80 Å². The SMILES string of the molecule is CCCC(C)NS(=O)(=O)c1ccc(N2CCCN(c3ccc(C#N)cc3)CC2)nc1. The molecule has 1 N–H and O–H groups in total. The minimum absolute atomic E-state index is 0.0986. The van der Waals surface area contributed by atoms with Crippen molar-refractivity contribution in [1.82, 2.24) is 9.71 Å². The van der Waals surface area contributed by atoms with Gasteiger partial charge in [-0.25, -0.2) is 18.1 Å². The zero-order valence-electron chi connectivity index (χ0n) is 17.6. The van der Waals surface area contributed by atoms with Crippen LogP contribution in [0.1, 0.15) is 38.7 Å². The van der Waals surface area contributed by atoms with Gasteiger partial charge in [0.15, 0.2) is 0 Å². The Morgan fingerprint density at radius 2 is 1.80 bits per heavy atom. The molecule has 1 saturated heterocycles. The fraction of sp³-hybridized carbons (Fsp3) is 0.455. The number of nitrogens with one attached hydrogen (secondary N) is 1. The van der Waals surface area contributed by atoms with Gasteiger partial charge in [-0.1, -0.05) is 13.3 Å². The van der Waals surface area contributed by atoms with Gasteiger partial charge in [0.05, 0.1) is 11.6 Å². The van der Waals surface area contributed by atoms with Crippen molar-refractivity contribution in [3.63, 3.8) is 0 Å². The third-order valence-electron chi connectivity index (χ3n) is 5.29. The van der Waals surface area contributed by atoms with E-state index in [1.165, 1.54) is 6.20 Å². The second-order valence-electron chi connectivity index (χ2n) is 7.65. The highest BCUT2D eigenvalue weighted by atomic mass is 32.2. The molecule has 0 spiro atoms. The van der Waals surface area contributed by atoms with Crippen molar-refractivity contribution in [2.75, 3.05) is 36.0 Å². The van der Waals surface area contributed by atoms with Crippen LogP contribution in [0.25, 0.3) is 0 Å². The summed E-state index contributed by atoms with van der Waals surface area (Å²) in [6.45, 7) is 7.32. The predicted octanol–water partition coefficient (Wildman–Crippen LogP) is 3.14. The van der Waals surface area contributed by atoms with Gasteiger partial charge in [0, 0.05) is 44.1 Å². The van der Waals surface area contributed by atoms with E-state index in [4.69, 9.17) is 5.26 Å². The molecule has 0 radical (unpaired) electrons. The summed E-state index contributed by atoms with van der Waals surface area (Å²) in [4.78, 5) is 9.13. The predicted molar refractivity (Wildman–Crippen MR) is 119 cm³/mol. The first kappa shape index (κ1) is 22.1. The molecule has 7 nitrogen and oxygen atoms in total. The number of rotatable bonds is 7. The highest BCUT2D eigenvalue weighted by Gasteiger charge is 2.20. The maximum Gasteiger partial charge on any atom is 0.242 e. The normalized spacial score (nSPS) is 16.0. The minimum atomic E-state index is -3.55. The summed E-state index contributed by atoms with van der Waals surface area (Å²) in [5, 5.41) is 8.96. The highest BCUT2D eigenvalue weighted by Crippen LogP contribution is 2.21. The molecule has 160 valence electrons. The van der Waals surface area contributed by atoms with Crippen LogP contribution in [0, 0.1) is 11.3 Å². The fourth-order valence-corrected chi connectivity index (χ4v) is 4.92. The molecule has 1 aromatic carbocycles. The number of aromatic nitrogens is 1. The number of sulfonamides is 1. The maximum atomic E-state index is 12.5. The van der Waals surface area contributed by atoms with Gasteiger partial charge in [-0.3, -0.25) is 0 Å². The highest BCUT2D eigenvalue weighted by molar-refractivity contribution is 7.89. The fourth-order valence-electron chi connectivity index (χ4n) is 3.69. The lowest BCUT2D eigenvalue weighted by molar-refractivity contribution is 0.543. The molecule has 3 rings (SSSR count). The van der Waals surface area contributed by atoms with Crippen molar-refractivity contribution >= 4 is 21.5 Å². The monoisotopic (exact) mass is 427 g/mol. The summed E-state index contributed by atoms with van der Waals surface area (Å²) in [6.07, 6.45) is 4.14. The number of benzene rings is 1. The number of pyridine rings is 1. The minimum Gasteiger partial charge on any atom is -0.370 e. The molecule has 1 atom stereocenters. The van der Waals surface area contributed by atoms with E-state index in [-0.39, 0.29) is 10.9 Å². The molecule has 30 heavy (non-hydrogen) atoms. The maximum absolute atomic E-state index is 12.5. The largest absolute Gasteiger partial charge is 0.370 e. The van der Waals surface area contributed by atoms with Crippen LogP contribution in [-0.2, 0) is 10.0 Å². The zero-order valence-corrected chi connectivity index (χ0v) is 18.4. The van der Waals surface area contributed by atoms with Crippen LogP contribution in [0.3, 0.4) is 0 Å². The van der Waals surface area contributed by atoms with Gasteiger partial charge >= 0.3 is 0 Å². The van der Waals surface area contributed by atoms with E-state index in [1.807, 2.05) is 38.1 Å². The molecule has 8 heteroatoms. The summed E-state index contributed by atoms with van der Waals surface area (Å²) in [5.41, 5.74) is 1.77. The summed E-state index contributed by atoms with van der Waals surface area (Å²) in [6, 6.07) is 13.1. The average molecular weight is 428 g/mol. The van der Waals surface area contributed by atoms with E-state index >= 15 is 0 Å². The second kappa shape index (κ2) is 9.92. The molecule has 1 aromatic heterocycles. The number of hydrogen-bond donors (Lipinski definition) is 1. The van der Waals surface area contributed by atoms with Crippen LogP contribution in [0.4, 0.5) is 11.5 Å². The molecule has 1 unspecified atom stereocenters. The molecule has 1 fully saturated rings. The molecule has 2 heterocycles. The van der Waals surface area contributed by atoms with E-state index in [2.05, 4.69) is 25.6 Å². The lowest BCUT2D eigenvalue weighted by atomic mass is 10.2. The van der Waals surface area contributed by atoms with Crippen LogP contribution >= 0.6 is 0 Å². The Hall–Kier alpha value is -2.63. The quantitative estimate of drug-likeness (QED) is 0.730. The van der Waals surface area contributed by atoms with Gasteiger partial charge in [0.2, 0.25) is 10.0 Å². The van der Waals surface area contributed by atoms with E-state index in [1.54, 1.807) is 12.1 Å². The zero-order chi connectivity index (χ0) is 21.6. The smallest absolute Gasteiger partial charge is 0.242 e. The van der Waals surface area contributed by atoms with E-state index in [0.717, 1.165) is 56.9 Å². The molecule has 0 bridgehead atoms. The van der Waals surface area contributed by atoms with Crippen molar-refractivity contribution < 1.29 is 8.42 Å². The van der Waals surface area contributed by atoms with Gasteiger partial charge in [-0.15, -0.1) is 0 Å². The van der Waals surface area contributed by atoms with Crippen LogP contribution in [-0.4, -0.2) is 45.6 Å². The molecule has 0 amide bonds. The molecule has 1 aliphatic heterocycles. The van der Waals surface area contributed by atoms with E-state index < -0.39 is 10.0 Å². The molecule has 1 aliphatic rings. The molecular weight excluding hydrogens is 398 g/mol.